The molecule has 0 spiro atoms. The van der Waals surface area contributed by atoms with Crippen LogP contribution in [0.4, 0.5) is 0 Å². The SMILES string of the molecule is NC(=O)CCC1(N)CCCC1. The third kappa shape index (κ3) is 2.50. The Balaban J connectivity index is 2.28. The lowest BCUT2D eigenvalue weighted by molar-refractivity contribution is -0.118. The van der Waals surface area contributed by atoms with Gasteiger partial charge < -0.3 is 11.5 Å². The molecular weight excluding hydrogens is 140 g/mol. The van der Waals surface area contributed by atoms with Crippen LogP contribution in [-0.2, 0) is 4.79 Å². The second kappa shape index (κ2) is 3.22. The largest absolute Gasteiger partial charge is 0.370 e. The fourth-order valence-corrected chi connectivity index (χ4v) is 1.70. The summed E-state index contributed by atoms with van der Waals surface area (Å²) in [6.45, 7) is 0. The van der Waals surface area contributed by atoms with E-state index < -0.39 is 0 Å². The van der Waals surface area contributed by atoms with Crippen LogP contribution in [0.3, 0.4) is 0 Å². The number of hydrogen-bond donors (Lipinski definition) is 2. The Morgan fingerprint density at radius 3 is 2.36 bits per heavy atom. The molecule has 1 rings (SSSR count). The smallest absolute Gasteiger partial charge is 0.217 e. The van der Waals surface area contributed by atoms with Gasteiger partial charge in [-0.3, -0.25) is 4.79 Å². The summed E-state index contributed by atoms with van der Waals surface area (Å²) in [5.74, 6) is -0.235. The van der Waals surface area contributed by atoms with Gasteiger partial charge in [0, 0.05) is 12.0 Å². The van der Waals surface area contributed by atoms with Crippen LogP contribution in [0.1, 0.15) is 38.5 Å². The Bertz CT molecular complexity index is 150. The van der Waals surface area contributed by atoms with Gasteiger partial charge in [0.25, 0.3) is 0 Å². The molecule has 0 radical (unpaired) electrons. The number of rotatable bonds is 3. The summed E-state index contributed by atoms with van der Waals surface area (Å²) >= 11 is 0. The molecule has 0 aromatic carbocycles. The summed E-state index contributed by atoms with van der Waals surface area (Å²) < 4.78 is 0. The van der Waals surface area contributed by atoms with Crippen LogP contribution in [0.5, 0.6) is 0 Å². The number of carbonyl (C=O) groups is 1. The van der Waals surface area contributed by atoms with Crippen molar-refractivity contribution in [2.24, 2.45) is 11.5 Å². The van der Waals surface area contributed by atoms with E-state index in [0.717, 1.165) is 19.3 Å². The highest BCUT2D eigenvalue weighted by atomic mass is 16.1. The van der Waals surface area contributed by atoms with Crippen molar-refractivity contribution in [2.75, 3.05) is 0 Å². The van der Waals surface area contributed by atoms with Gasteiger partial charge in [-0.1, -0.05) is 12.8 Å². The minimum Gasteiger partial charge on any atom is -0.370 e. The molecule has 1 fully saturated rings. The van der Waals surface area contributed by atoms with Crippen LogP contribution < -0.4 is 11.5 Å². The van der Waals surface area contributed by atoms with Crippen molar-refractivity contribution in [3.05, 3.63) is 0 Å². The quantitative estimate of drug-likeness (QED) is 0.625. The second-order valence-electron chi connectivity index (χ2n) is 3.54. The molecule has 1 amide bonds. The van der Waals surface area contributed by atoms with Crippen LogP contribution in [0.15, 0.2) is 0 Å². The first kappa shape index (κ1) is 8.53. The summed E-state index contributed by atoms with van der Waals surface area (Å²) in [5, 5.41) is 0. The van der Waals surface area contributed by atoms with Crippen molar-refractivity contribution in [3.63, 3.8) is 0 Å². The van der Waals surface area contributed by atoms with Crippen LogP contribution in [0.2, 0.25) is 0 Å². The second-order valence-corrected chi connectivity index (χ2v) is 3.54. The van der Waals surface area contributed by atoms with E-state index in [1.165, 1.54) is 12.8 Å². The normalized spacial score (nSPS) is 21.9. The summed E-state index contributed by atoms with van der Waals surface area (Å²) in [6.07, 6.45) is 5.73. The van der Waals surface area contributed by atoms with Gasteiger partial charge in [0.2, 0.25) is 5.91 Å². The maximum atomic E-state index is 10.5. The molecular formula is C8H16N2O. The number of nitrogens with two attached hydrogens (primary N) is 2. The highest BCUT2D eigenvalue weighted by Crippen LogP contribution is 2.30. The van der Waals surface area contributed by atoms with Gasteiger partial charge in [-0.25, -0.2) is 0 Å². The first-order chi connectivity index (χ1) is 5.12. The molecule has 3 heteroatoms. The minimum atomic E-state index is -0.235. The van der Waals surface area contributed by atoms with Gasteiger partial charge >= 0.3 is 0 Å². The number of hydrogen-bond acceptors (Lipinski definition) is 2. The Kier molecular flexibility index (Phi) is 2.49. The fourth-order valence-electron chi connectivity index (χ4n) is 1.70. The average Bonchev–Trinajstić information content (AvgIpc) is 2.33. The van der Waals surface area contributed by atoms with Gasteiger partial charge in [0.15, 0.2) is 0 Å². The molecule has 1 aliphatic carbocycles. The zero-order chi connectivity index (χ0) is 8.32. The highest BCUT2D eigenvalue weighted by molar-refractivity contribution is 5.73. The van der Waals surface area contributed by atoms with Crippen molar-refractivity contribution >= 4 is 5.91 Å². The fraction of sp³-hybridized carbons (Fsp3) is 0.875. The van der Waals surface area contributed by atoms with Crippen LogP contribution in [0.25, 0.3) is 0 Å². The monoisotopic (exact) mass is 156 g/mol. The van der Waals surface area contributed by atoms with Crippen LogP contribution in [0, 0.1) is 0 Å². The van der Waals surface area contributed by atoms with E-state index >= 15 is 0 Å². The standard InChI is InChI=1S/C8H16N2O/c9-7(11)3-6-8(10)4-1-2-5-8/h1-6,10H2,(H2,9,11). The third-order valence-electron chi connectivity index (χ3n) is 2.47. The minimum absolute atomic E-state index is 0.0744. The van der Waals surface area contributed by atoms with Crippen LogP contribution in [-0.4, -0.2) is 11.4 Å². The van der Waals surface area contributed by atoms with Gasteiger partial charge in [0.1, 0.15) is 0 Å². The Hall–Kier alpha value is -0.570. The Morgan fingerprint density at radius 2 is 1.91 bits per heavy atom. The van der Waals surface area contributed by atoms with E-state index in [1.807, 2.05) is 0 Å². The summed E-state index contributed by atoms with van der Waals surface area (Å²) in [6, 6.07) is 0. The summed E-state index contributed by atoms with van der Waals surface area (Å²) in [7, 11) is 0. The summed E-state index contributed by atoms with van der Waals surface area (Å²) in [5.41, 5.74) is 11.0. The van der Waals surface area contributed by atoms with Crippen molar-refractivity contribution in [2.45, 2.75) is 44.1 Å². The number of carbonyl (C=O) groups excluding carboxylic acids is 1. The predicted octanol–water partition coefficient (Wildman–Crippen LogP) is 0.523. The average molecular weight is 156 g/mol. The van der Waals surface area contributed by atoms with Crippen molar-refractivity contribution in [1.82, 2.24) is 0 Å². The first-order valence-electron chi connectivity index (χ1n) is 4.20. The highest BCUT2D eigenvalue weighted by Gasteiger charge is 2.28. The molecule has 64 valence electrons. The maximum Gasteiger partial charge on any atom is 0.217 e. The lowest BCUT2D eigenvalue weighted by Gasteiger charge is -2.22. The molecule has 0 unspecified atom stereocenters. The maximum absolute atomic E-state index is 10.5. The zero-order valence-electron chi connectivity index (χ0n) is 6.81. The number of amides is 1. The van der Waals surface area contributed by atoms with Gasteiger partial charge in [0.05, 0.1) is 0 Å². The van der Waals surface area contributed by atoms with Gasteiger partial charge in [-0.05, 0) is 19.3 Å². The van der Waals surface area contributed by atoms with Crippen molar-refractivity contribution in [3.8, 4) is 0 Å². The van der Waals surface area contributed by atoms with Crippen LogP contribution >= 0.6 is 0 Å². The molecule has 0 heterocycles. The molecule has 0 atom stereocenters. The Morgan fingerprint density at radius 1 is 1.36 bits per heavy atom. The van der Waals surface area contributed by atoms with E-state index in [1.54, 1.807) is 0 Å². The molecule has 11 heavy (non-hydrogen) atoms. The molecule has 0 aromatic rings. The van der Waals surface area contributed by atoms with E-state index in [0.29, 0.717) is 6.42 Å². The summed E-state index contributed by atoms with van der Waals surface area (Å²) in [4.78, 5) is 10.5. The number of primary amides is 1. The van der Waals surface area contributed by atoms with E-state index in [9.17, 15) is 4.79 Å². The Labute approximate surface area is 67.1 Å². The molecule has 4 N–H and O–H groups in total. The van der Waals surface area contributed by atoms with Gasteiger partial charge in [-0.15, -0.1) is 0 Å². The molecule has 1 aliphatic rings. The zero-order valence-corrected chi connectivity index (χ0v) is 6.81. The molecule has 0 bridgehead atoms. The van der Waals surface area contributed by atoms with Gasteiger partial charge in [-0.2, -0.15) is 0 Å². The molecule has 1 saturated carbocycles. The predicted molar refractivity (Wildman–Crippen MR) is 43.8 cm³/mol. The molecule has 3 nitrogen and oxygen atoms in total. The lowest BCUT2D eigenvalue weighted by atomic mass is 9.93. The molecule has 0 aromatic heterocycles. The van der Waals surface area contributed by atoms with Crippen molar-refractivity contribution in [1.29, 1.82) is 0 Å². The molecule has 0 saturated heterocycles. The first-order valence-corrected chi connectivity index (χ1v) is 4.20. The molecule has 0 aliphatic heterocycles. The lowest BCUT2D eigenvalue weighted by Crippen LogP contribution is -2.37. The van der Waals surface area contributed by atoms with E-state index in [2.05, 4.69) is 0 Å². The van der Waals surface area contributed by atoms with E-state index in [-0.39, 0.29) is 11.4 Å². The third-order valence-corrected chi connectivity index (χ3v) is 2.47. The van der Waals surface area contributed by atoms with E-state index in [4.69, 9.17) is 11.5 Å². The topological polar surface area (TPSA) is 69.1 Å². The van der Waals surface area contributed by atoms with Crippen molar-refractivity contribution < 1.29 is 4.79 Å².